The van der Waals surface area contributed by atoms with Gasteiger partial charge in [0.25, 0.3) is 0 Å². The number of nitrogens with two attached hydrogens (primary N) is 1. The third-order valence-electron chi connectivity index (χ3n) is 3.38. The highest BCUT2D eigenvalue weighted by Gasteiger charge is 2.17. The van der Waals surface area contributed by atoms with E-state index in [0.717, 1.165) is 12.0 Å². The number of benzene rings is 2. The summed E-state index contributed by atoms with van der Waals surface area (Å²) in [5.74, 6) is 5.77. The van der Waals surface area contributed by atoms with Crippen LogP contribution < -0.4 is 16.0 Å². The Bertz CT molecular complexity index is 586. The van der Waals surface area contributed by atoms with Crippen LogP contribution in [-0.2, 0) is 6.42 Å². The maximum Gasteiger partial charge on any atom is 0.132 e. The zero-order valence-corrected chi connectivity index (χ0v) is 11.7. The Balaban J connectivity index is 2.41. The highest BCUT2D eigenvalue weighted by Crippen LogP contribution is 2.27. The molecule has 3 N–H and O–H groups in total. The number of hydrogen-bond donors (Lipinski definition) is 2. The molecule has 0 aliphatic carbocycles. The van der Waals surface area contributed by atoms with Crippen molar-refractivity contribution in [1.82, 2.24) is 5.43 Å². The first-order valence-electron chi connectivity index (χ1n) is 6.58. The lowest BCUT2D eigenvalue weighted by molar-refractivity contribution is 0.410. The van der Waals surface area contributed by atoms with Crippen molar-refractivity contribution in [1.29, 1.82) is 0 Å². The van der Waals surface area contributed by atoms with Crippen molar-refractivity contribution in [3.05, 3.63) is 65.0 Å². The van der Waals surface area contributed by atoms with Gasteiger partial charge in [-0.3, -0.25) is 5.84 Å². The Morgan fingerprint density at radius 1 is 1.25 bits per heavy atom. The van der Waals surface area contributed by atoms with E-state index in [0.29, 0.717) is 11.3 Å². The standard InChI is InChI=1S/C16H19FN2O/c1-3-11-5-4-6-12(9-11)16(19-18)14-8-7-13(20-2)10-15(14)17/h4-10,16,19H,3,18H2,1-2H3. The molecule has 0 radical (unpaired) electrons. The van der Waals surface area contributed by atoms with Gasteiger partial charge in [0, 0.05) is 11.6 Å². The molecule has 0 aliphatic rings. The Morgan fingerprint density at radius 2 is 2.05 bits per heavy atom. The van der Waals surface area contributed by atoms with Crippen LogP contribution in [0.4, 0.5) is 4.39 Å². The molecule has 4 heteroatoms. The molecule has 2 aromatic carbocycles. The summed E-state index contributed by atoms with van der Waals surface area (Å²) in [4.78, 5) is 0. The molecule has 0 aromatic heterocycles. The summed E-state index contributed by atoms with van der Waals surface area (Å²) in [5.41, 5.74) is 5.32. The van der Waals surface area contributed by atoms with Gasteiger partial charge >= 0.3 is 0 Å². The Labute approximate surface area is 118 Å². The number of hydrazine groups is 1. The second-order valence-electron chi connectivity index (χ2n) is 4.59. The van der Waals surface area contributed by atoms with E-state index in [9.17, 15) is 4.39 Å². The minimum absolute atomic E-state index is 0.339. The van der Waals surface area contributed by atoms with Gasteiger partial charge in [-0.05, 0) is 23.6 Å². The molecule has 20 heavy (non-hydrogen) atoms. The minimum Gasteiger partial charge on any atom is -0.497 e. The van der Waals surface area contributed by atoms with Crippen LogP contribution in [0.15, 0.2) is 42.5 Å². The topological polar surface area (TPSA) is 47.3 Å². The van der Waals surface area contributed by atoms with Gasteiger partial charge in [0.05, 0.1) is 13.2 Å². The molecule has 2 aromatic rings. The number of aryl methyl sites for hydroxylation is 1. The second kappa shape index (κ2) is 6.50. The van der Waals surface area contributed by atoms with Crippen LogP contribution in [0, 0.1) is 5.82 Å². The van der Waals surface area contributed by atoms with Crippen LogP contribution in [0.5, 0.6) is 5.75 Å². The van der Waals surface area contributed by atoms with E-state index >= 15 is 0 Å². The van der Waals surface area contributed by atoms with E-state index < -0.39 is 0 Å². The monoisotopic (exact) mass is 274 g/mol. The van der Waals surface area contributed by atoms with Gasteiger partial charge in [-0.2, -0.15) is 0 Å². The van der Waals surface area contributed by atoms with Gasteiger partial charge in [-0.1, -0.05) is 37.3 Å². The average molecular weight is 274 g/mol. The second-order valence-corrected chi connectivity index (χ2v) is 4.59. The summed E-state index contributed by atoms with van der Waals surface area (Å²) in [6, 6.07) is 12.4. The van der Waals surface area contributed by atoms with Crippen molar-refractivity contribution in [3.8, 4) is 5.75 Å². The van der Waals surface area contributed by atoms with E-state index in [1.807, 2.05) is 24.3 Å². The number of nitrogens with one attached hydrogen (secondary N) is 1. The van der Waals surface area contributed by atoms with Gasteiger partial charge in [-0.25, -0.2) is 9.82 Å². The van der Waals surface area contributed by atoms with Crippen molar-refractivity contribution in [3.63, 3.8) is 0 Å². The number of methoxy groups -OCH3 is 1. The summed E-state index contributed by atoms with van der Waals surface area (Å²) in [5, 5.41) is 0. The maximum atomic E-state index is 14.2. The first-order chi connectivity index (χ1) is 9.69. The summed E-state index contributed by atoms with van der Waals surface area (Å²) in [6.45, 7) is 2.08. The Kier molecular flexibility index (Phi) is 4.71. The zero-order chi connectivity index (χ0) is 14.5. The fourth-order valence-electron chi connectivity index (χ4n) is 2.23. The smallest absolute Gasteiger partial charge is 0.132 e. The molecule has 0 heterocycles. The van der Waals surface area contributed by atoms with E-state index in [1.54, 1.807) is 12.1 Å². The summed E-state index contributed by atoms with van der Waals surface area (Å²) in [7, 11) is 1.51. The van der Waals surface area contributed by atoms with Crippen molar-refractivity contribution >= 4 is 0 Å². The predicted molar refractivity (Wildman–Crippen MR) is 77.9 cm³/mol. The molecule has 3 nitrogen and oxygen atoms in total. The molecule has 0 saturated heterocycles. The molecular formula is C16H19FN2O. The van der Waals surface area contributed by atoms with Crippen LogP contribution in [-0.4, -0.2) is 7.11 Å². The Morgan fingerprint density at radius 3 is 2.65 bits per heavy atom. The predicted octanol–water partition coefficient (Wildman–Crippen LogP) is 2.95. The van der Waals surface area contributed by atoms with Crippen LogP contribution in [0.25, 0.3) is 0 Å². The molecule has 0 bridgehead atoms. The highest BCUT2D eigenvalue weighted by molar-refractivity contribution is 5.38. The summed E-state index contributed by atoms with van der Waals surface area (Å²) < 4.78 is 19.2. The molecule has 1 atom stereocenters. The average Bonchev–Trinajstić information content (AvgIpc) is 2.49. The highest BCUT2D eigenvalue weighted by atomic mass is 19.1. The van der Waals surface area contributed by atoms with E-state index in [2.05, 4.69) is 12.3 Å². The van der Waals surface area contributed by atoms with Crippen LogP contribution >= 0.6 is 0 Å². The lowest BCUT2D eigenvalue weighted by Gasteiger charge is -2.18. The molecule has 0 spiro atoms. The number of halogens is 1. The number of hydrogen-bond acceptors (Lipinski definition) is 3. The quantitative estimate of drug-likeness (QED) is 0.651. The maximum absolute atomic E-state index is 14.2. The Hall–Kier alpha value is -1.91. The van der Waals surface area contributed by atoms with Crippen LogP contribution in [0.1, 0.15) is 29.7 Å². The van der Waals surface area contributed by atoms with Gasteiger partial charge in [-0.15, -0.1) is 0 Å². The SMILES string of the molecule is CCc1cccc(C(NN)c2ccc(OC)cc2F)c1. The summed E-state index contributed by atoms with van der Waals surface area (Å²) >= 11 is 0. The molecule has 0 saturated carbocycles. The number of rotatable bonds is 5. The molecule has 106 valence electrons. The molecular weight excluding hydrogens is 255 g/mol. The van der Waals surface area contributed by atoms with Gasteiger partial charge in [0.2, 0.25) is 0 Å². The largest absolute Gasteiger partial charge is 0.497 e. The van der Waals surface area contributed by atoms with Crippen molar-refractivity contribution < 1.29 is 9.13 Å². The molecule has 2 rings (SSSR count). The molecule has 0 amide bonds. The van der Waals surface area contributed by atoms with E-state index in [4.69, 9.17) is 10.6 Å². The fraction of sp³-hybridized carbons (Fsp3) is 0.250. The van der Waals surface area contributed by atoms with Gasteiger partial charge in [0.15, 0.2) is 0 Å². The zero-order valence-electron chi connectivity index (χ0n) is 11.7. The normalized spacial score (nSPS) is 12.2. The van der Waals surface area contributed by atoms with Crippen molar-refractivity contribution in [2.45, 2.75) is 19.4 Å². The van der Waals surface area contributed by atoms with Gasteiger partial charge in [0.1, 0.15) is 11.6 Å². The van der Waals surface area contributed by atoms with Crippen LogP contribution in [0.3, 0.4) is 0 Å². The minimum atomic E-state index is -0.382. The lowest BCUT2D eigenvalue weighted by Crippen LogP contribution is -2.29. The van der Waals surface area contributed by atoms with Gasteiger partial charge < -0.3 is 4.74 Å². The number of ether oxygens (including phenoxy) is 1. The fourth-order valence-corrected chi connectivity index (χ4v) is 2.23. The van der Waals surface area contributed by atoms with Crippen molar-refractivity contribution in [2.75, 3.05) is 7.11 Å². The molecule has 0 fully saturated rings. The first-order valence-corrected chi connectivity index (χ1v) is 6.58. The van der Waals surface area contributed by atoms with Crippen LogP contribution in [0.2, 0.25) is 0 Å². The molecule has 1 unspecified atom stereocenters. The lowest BCUT2D eigenvalue weighted by atomic mass is 9.96. The molecule has 0 aliphatic heterocycles. The summed E-state index contributed by atoms with van der Waals surface area (Å²) in [6.07, 6.45) is 0.927. The van der Waals surface area contributed by atoms with E-state index in [-0.39, 0.29) is 11.9 Å². The third-order valence-corrected chi connectivity index (χ3v) is 3.38. The van der Waals surface area contributed by atoms with E-state index in [1.165, 1.54) is 18.7 Å². The third kappa shape index (κ3) is 2.98. The van der Waals surface area contributed by atoms with Crippen molar-refractivity contribution in [2.24, 2.45) is 5.84 Å². The first kappa shape index (κ1) is 14.5.